The lowest BCUT2D eigenvalue weighted by Crippen LogP contribution is -2.38. The zero-order chi connectivity index (χ0) is 24.0. The summed E-state index contributed by atoms with van der Waals surface area (Å²) in [5, 5.41) is 10.8. The molecule has 5 nitrogen and oxygen atoms in total. The molecule has 0 fully saturated rings. The van der Waals surface area contributed by atoms with Crippen molar-refractivity contribution in [3.63, 3.8) is 0 Å². The summed E-state index contributed by atoms with van der Waals surface area (Å²) in [4.78, 5) is 15.7. The highest BCUT2D eigenvalue weighted by molar-refractivity contribution is 5.42. The van der Waals surface area contributed by atoms with Gasteiger partial charge in [0.2, 0.25) is 0 Å². The van der Waals surface area contributed by atoms with E-state index in [9.17, 15) is 54.0 Å². The predicted molar refractivity (Wildman–Crippen MR) is 82.6 cm³/mol. The summed E-state index contributed by atoms with van der Waals surface area (Å²) >= 11 is 0. The predicted octanol–water partition coefficient (Wildman–Crippen LogP) is 5.59. The Balaban J connectivity index is 2.64. The van der Waals surface area contributed by atoms with Crippen LogP contribution in [0.15, 0.2) is 24.3 Å². The van der Waals surface area contributed by atoms with Gasteiger partial charge in [-0.25, -0.2) is 9.97 Å². The van der Waals surface area contributed by atoms with E-state index in [0.717, 1.165) is 18.2 Å². The van der Waals surface area contributed by atoms with Crippen molar-refractivity contribution in [1.82, 2.24) is 9.97 Å². The van der Waals surface area contributed by atoms with E-state index in [1.165, 1.54) is 6.92 Å². The second-order valence-electron chi connectivity index (χ2n) is 6.25. The molecule has 170 valence electrons. The molecule has 0 saturated heterocycles. The zero-order valence-electron chi connectivity index (χ0n) is 15.0. The van der Waals surface area contributed by atoms with E-state index < -0.39 is 64.5 Å². The highest BCUT2D eigenvalue weighted by Gasteiger charge is 2.63. The highest BCUT2D eigenvalue weighted by atomic mass is 19.4. The molecule has 2 aromatic rings. The summed E-state index contributed by atoms with van der Waals surface area (Å²) in [5.41, 5.74) is -5.27. The van der Waals surface area contributed by atoms with Crippen LogP contribution in [-0.2, 0) is 18.3 Å². The Morgan fingerprint density at radius 2 is 1.29 bits per heavy atom. The molecular formula is C16H9F10N3O2. The Bertz CT molecular complexity index is 958. The lowest BCUT2D eigenvalue weighted by atomic mass is 10.1. The van der Waals surface area contributed by atoms with E-state index >= 15 is 0 Å². The summed E-state index contributed by atoms with van der Waals surface area (Å²) in [5.74, 6) is -12.9. The average Bonchev–Trinajstić information content (AvgIpc) is 2.59. The van der Waals surface area contributed by atoms with Gasteiger partial charge in [-0.3, -0.25) is 10.1 Å². The van der Waals surface area contributed by atoms with Crippen LogP contribution in [0.25, 0.3) is 0 Å². The van der Waals surface area contributed by atoms with E-state index in [0.29, 0.717) is 0 Å². The Morgan fingerprint density at radius 1 is 0.839 bits per heavy atom. The molecule has 0 bridgehead atoms. The second kappa shape index (κ2) is 7.60. The lowest BCUT2D eigenvalue weighted by Gasteiger charge is -2.23. The fourth-order valence-electron chi connectivity index (χ4n) is 2.40. The van der Waals surface area contributed by atoms with Crippen molar-refractivity contribution in [1.29, 1.82) is 0 Å². The molecule has 0 N–H and O–H groups in total. The third-order valence-electron chi connectivity index (χ3n) is 3.95. The largest absolute Gasteiger partial charge is 0.459 e. The Morgan fingerprint density at radius 3 is 1.65 bits per heavy atom. The minimum absolute atomic E-state index is 0.000112. The number of nitro benzene ring substituents is 1. The summed E-state index contributed by atoms with van der Waals surface area (Å²) in [6.07, 6.45) is -13.5. The number of nitro groups is 1. The zero-order valence-corrected chi connectivity index (χ0v) is 15.0. The van der Waals surface area contributed by atoms with Crippen molar-refractivity contribution in [2.75, 3.05) is 0 Å². The molecule has 1 heterocycles. The Hall–Kier alpha value is -3.00. The van der Waals surface area contributed by atoms with Crippen molar-refractivity contribution in [3.8, 4) is 0 Å². The van der Waals surface area contributed by atoms with Crippen LogP contribution in [0.3, 0.4) is 0 Å². The first-order valence-electron chi connectivity index (χ1n) is 7.90. The number of alkyl halides is 10. The molecule has 0 aliphatic heterocycles. The van der Waals surface area contributed by atoms with E-state index in [1.807, 2.05) is 0 Å². The monoisotopic (exact) mass is 465 g/mol. The first-order valence-corrected chi connectivity index (χ1v) is 7.90. The first-order chi connectivity index (χ1) is 13.9. The lowest BCUT2D eigenvalue weighted by molar-refractivity contribution is -0.385. The fourth-order valence-corrected chi connectivity index (χ4v) is 2.40. The molecule has 1 aromatic carbocycles. The smallest absolute Gasteiger partial charge is 0.258 e. The number of hydrogen-bond donors (Lipinski definition) is 0. The quantitative estimate of drug-likeness (QED) is 0.328. The van der Waals surface area contributed by atoms with Gasteiger partial charge in [0.25, 0.3) is 5.69 Å². The van der Waals surface area contributed by atoms with Crippen LogP contribution in [0.2, 0.25) is 0 Å². The van der Waals surface area contributed by atoms with Gasteiger partial charge in [-0.05, 0) is 24.6 Å². The molecular weight excluding hydrogens is 456 g/mol. The van der Waals surface area contributed by atoms with Crippen LogP contribution in [0.4, 0.5) is 49.6 Å². The maximum absolute atomic E-state index is 13.6. The van der Waals surface area contributed by atoms with Gasteiger partial charge >= 0.3 is 24.2 Å². The molecule has 0 radical (unpaired) electrons. The maximum atomic E-state index is 13.6. The van der Waals surface area contributed by atoms with Crippen LogP contribution < -0.4 is 0 Å². The SMILES string of the molecule is Cc1cc(Cc2nc(C(F)(F)C(F)(F)F)cc(C(F)(F)C(F)(F)F)n2)ccc1[N+](=O)[O-]. The number of aromatic nitrogens is 2. The van der Waals surface area contributed by atoms with Gasteiger partial charge in [-0.1, -0.05) is 6.07 Å². The van der Waals surface area contributed by atoms with E-state index in [4.69, 9.17) is 0 Å². The standard InChI is InChI=1S/C16H9F10N3O2/c1-7-4-8(2-3-9(7)29(30)31)5-12-27-10(13(17,18)15(21,22)23)6-11(28-12)14(19,20)16(24,25)26/h2-4,6H,5H2,1H3. The molecule has 2 rings (SSSR count). The summed E-state index contributed by atoms with van der Waals surface area (Å²) < 4.78 is 130. The molecule has 0 unspecified atom stereocenters. The first kappa shape index (κ1) is 24.3. The minimum atomic E-state index is -6.34. The van der Waals surface area contributed by atoms with Crippen molar-refractivity contribution >= 4 is 5.69 Å². The third kappa shape index (κ3) is 4.69. The van der Waals surface area contributed by atoms with E-state index in [1.54, 1.807) is 0 Å². The molecule has 0 saturated carbocycles. The second-order valence-corrected chi connectivity index (χ2v) is 6.25. The van der Waals surface area contributed by atoms with Crippen molar-refractivity contribution in [3.05, 3.63) is 62.7 Å². The fraction of sp³-hybridized carbons (Fsp3) is 0.375. The molecule has 1 aromatic heterocycles. The number of halogens is 10. The average molecular weight is 465 g/mol. The van der Waals surface area contributed by atoms with Gasteiger partial charge in [0.05, 0.1) is 4.92 Å². The molecule has 0 spiro atoms. The number of nitrogens with zero attached hydrogens (tertiary/aromatic N) is 3. The van der Waals surface area contributed by atoms with Crippen LogP contribution in [0, 0.1) is 17.0 Å². The normalized spacial score (nSPS) is 13.4. The van der Waals surface area contributed by atoms with Crippen molar-refractivity contribution in [2.45, 2.75) is 37.5 Å². The molecule has 0 aliphatic carbocycles. The number of hydrogen-bond acceptors (Lipinski definition) is 4. The maximum Gasteiger partial charge on any atom is 0.459 e. The van der Waals surface area contributed by atoms with Crippen LogP contribution in [0.5, 0.6) is 0 Å². The van der Waals surface area contributed by atoms with Gasteiger partial charge in [0, 0.05) is 18.1 Å². The summed E-state index contributed by atoms with van der Waals surface area (Å²) in [7, 11) is 0. The molecule has 0 amide bonds. The van der Waals surface area contributed by atoms with Crippen LogP contribution >= 0.6 is 0 Å². The van der Waals surface area contributed by atoms with Gasteiger partial charge in [-0.15, -0.1) is 0 Å². The molecule has 0 aliphatic rings. The Kier molecular flexibility index (Phi) is 5.95. The molecule has 15 heteroatoms. The van der Waals surface area contributed by atoms with E-state index in [-0.39, 0.29) is 11.1 Å². The summed E-state index contributed by atoms with van der Waals surface area (Å²) in [6.45, 7) is 1.24. The van der Waals surface area contributed by atoms with Gasteiger partial charge in [0.1, 0.15) is 17.2 Å². The van der Waals surface area contributed by atoms with Crippen molar-refractivity contribution < 1.29 is 48.8 Å². The van der Waals surface area contributed by atoms with Crippen LogP contribution in [0.1, 0.15) is 28.3 Å². The van der Waals surface area contributed by atoms with Crippen molar-refractivity contribution in [2.24, 2.45) is 0 Å². The number of rotatable bonds is 5. The third-order valence-corrected chi connectivity index (χ3v) is 3.95. The minimum Gasteiger partial charge on any atom is -0.258 e. The van der Waals surface area contributed by atoms with E-state index in [2.05, 4.69) is 9.97 Å². The highest BCUT2D eigenvalue weighted by Crippen LogP contribution is 2.47. The van der Waals surface area contributed by atoms with Gasteiger partial charge in [-0.2, -0.15) is 43.9 Å². The number of aryl methyl sites for hydroxylation is 1. The molecule has 0 atom stereocenters. The Labute approximate surface area is 165 Å². The van der Waals surface area contributed by atoms with Gasteiger partial charge < -0.3 is 0 Å². The molecule has 31 heavy (non-hydrogen) atoms. The topological polar surface area (TPSA) is 68.9 Å². The van der Waals surface area contributed by atoms with Crippen LogP contribution in [-0.4, -0.2) is 27.2 Å². The summed E-state index contributed by atoms with van der Waals surface area (Å²) in [6, 6.07) is 2.21. The number of benzene rings is 1. The van der Waals surface area contributed by atoms with Gasteiger partial charge in [0.15, 0.2) is 0 Å².